The number of halogens is 1. The van der Waals surface area contributed by atoms with Crippen molar-refractivity contribution in [2.45, 2.75) is 26.9 Å². The van der Waals surface area contributed by atoms with Crippen LogP contribution < -0.4 is 16.6 Å². The van der Waals surface area contributed by atoms with E-state index in [1.165, 1.54) is 24.3 Å². The van der Waals surface area contributed by atoms with Crippen molar-refractivity contribution in [3.05, 3.63) is 127 Å². The highest BCUT2D eigenvalue weighted by Crippen LogP contribution is 2.12. The van der Waals surface area contributed by atoms with Gasteiger partial charge < -0.3 is 5.32 Å². The fourth-order valence-electron chi connectivity index (χ4n) is 3.46. The van der Waals surface area contributed by atoms with E-state index < -0.39 is 22.9 Å². The molecule has 0 aliphatic heterocycles. The molecule has 0 aliphatic carbocycles. The lowest BCUT2D eigenvalue weighted by Crippen LogP contribution is -2.46. The molecule has 0 aliphatic rings. The van der Waals surface area contributed by atoms with E-state index in [1.807, 2.05) is 26.0 Å². The Morgan fingerprint density at radius 3 is 2.29 bits per heavy atom. The van der Waals surface area contributed by atoms with Gasteiger partial charge in [0.1, 0.15) is 5.82 Å². The smallest absolute Gasteiger partial charge is 0.346 e. The van der Waals surface area contributed by atoms with Crippen LogP contribution in [0.2, 0.25) is 0 Å². The standard InChI is InChI=1S/C26H23FN4O3/c1-17-8-13-22(14-18(17)2)31-26(34)30(16-20-6-4-3-5-7-20)25(33)23(29-31)24(32)28-15-19-9-11-21(27)12-10-19/h3-14H,15-16H2,1-2H3,(H,28,32). The highest BCUT2D eigenvalue weighted by atomic mass is 19.1. The van der Waals surface area contributed by atoms with Gasteiger partial charge in [0.05, 0.1) is 12.2 Å². The fourth-order valence-corrected chi connectivity index (χ4v) is 3.46. The van der Waals surface area contributed by atoms with Gasteiger partial charge in [0.15, 0.2) is 0 Å². The molecule has 0 radical (unpaired) electrons. The monoisotopic (exact) mass is 458 g/mol. The summed E-state index contributed by atoms with van der Waals surface area (Å²) in [6, 6.07) is 20.0. The zero-order valence-electron chi connectivity index (χ0n) is 18.8. The van der Waals surface area contributed by atoms with E-state index in [0.717, 1.165) is 25.9 Å². The van der Waals surface area contributed by atoms with E-state index in [0.29, 0.717) is 11.3 Å². The second-order valence-electron chi connectivity index (χ2n) is 8.00. The molecule has 7 nitrogen and oxygen atoms in total. The zero-order chi connectivity index (χ0) is 24.2. The number of carbonyl (C=O) groups is 1. The number of hydrogen-bond donors (Lipinski definition) is 1. The van der Waals surface area contributed by atoms with Gasteiger partial charge in [-0.15, -0.1) is 0 Å². The third-order valence-corrected chi connectivity index (χ3v) is 5.56. The summed E-state index contributed by atoms with van der Waals surface area (Å²) < 4.78 is 15.2. The van der Waals surface area contributed by atoms with Crippen molar-refractivity contribution in [1.82, 2.24) is 19.7 Å². The SMILES string of the molecule is Cc1ccc(-n2nc(C(=O)NCc3ccc(F)cc3)c(=O)n(Cc3ccccc3)c2=O)cc1C. The van der Waals surface area contributed by atoms with E-state index in [9.17, 15) is 18.8 Å². The van der Waals surface area contributed by atoms with Crippen LogP contribution in [0.1, 0.15) is 32.7 Å². The van der Waals surface area contributed by atoms with Crippen LogP contribution >= 0.6 is 0 Å². The Labute approximate surface area is 195 Å². The Morgan fingerprint density at radius 2 is 1.62 bits per heavy atom. The summed E-state index contributed by atoms with van der Waals surface area (Å²) in [5, 5.41) is 6.77. The molecule has 172 valence electrons. The molecule has 1 aromatic heterocycles. The summed E-state index contributed by atoms with van der Waals surface area (Å²) in [6.45, 7) is 3.91. The lowest BCUT2D eigenvalue weighted by atomic mass is 10.1. The molecule has 34 heavy (non-hydrogen) atoms. The topological polar surface area (TPSA) is 86.0 Å². The number of aromatic nitrogens is 3. The third kappa shape index (κ3) is 4.85. The highest BCUT2D eigenvalue weighted by molar-refractivity contribution is 5.91. The van der Waals surface area contributed by atoms with Gasteiger partial charge in [-0.1, -0.05) is 48.5 Å². The van der Waals surface area contributed by atoms with Crippen molar-refractivity contribution in [2.75, 3.05) is 0 Å². The molecule has 0 atom stereocenters. The number of aryl methyl sites for hydroxylation is 2. The zero-order valence-corrected chi connectivity index (χ0v) is 18.8. The van der Waals surface area contributed by atoms with Gasteiger partial charge in [-0.3, -0.25) is 14.2 Å². The van der Waals surface area contributed by atoms with Crippen LogP contribution in [0.25, 0.3) is 5.69 Å². The Hall–Kier alpha value is -4.33. The van der Waals surface area contributed by atoms with Crippen molar-refractivity contribution in [1.29, 1.82) is 0 Å². The van der Waals surface area contributed by atoms with Gasteiger partial charge >= 0.3 is 5.69 Å². The molecule has 0 saturated carbocycles. The first-order chi connectivity index (χ1) is 16.3. The predicted octanol–water partition coefficient (Wildman–Crippen LogP) is 3.13. The number of hydrogen-bond acceptors (Lipinski definition) is 4. The fraction of sp³-hybridized carbons (Fsp3) is 0.154. The van der Waals surface area contributed by atoms with E-state index in [1.54, 1.807) is 36.4 Å². The molecule has 0 bridgehead atoms. The van der Waals surface area contributed by atoms with Gasteiger partial charge in [-0.25, -0.2) is 9.18 Å². The average Bonchev–Trinajstić information content (AvgIpc) is 2.84. The molecule has 1 N–H and O–H groups in total. The van der Waals surface area contributed by atoms with Gasteiger partial charge in [-0.05, 0) is 60.4 Å². The highest BCUT2D eigenvalue weighted by Gasteiger charge is 2.20. The average molecular weight is 458 g/mol. The van der Waals surface area contributed by atoms with Gasteiger partial charge in [0.25, 0.3) is 11.5 Å². The largest absolute Gasteiger partial charge is 0.352 e. The summed E-state index contributed by atoms with van der Waals surface area (Å²) in [5.74, 6) is -1.12. The molecule has 4 rings (SSSR count). The molecule has 8 heteroatoms. The van der Waals surface area contributed by atoms with Crippen LogP contribution in [0.3, 0.4) is 0 Å². The van der Waals surface area contributed by atoms with Crippen molar-refractivity contribution < 1.29 is 9.18 Å². The Kier molecular flexibility index (Phi) is 6.49. The van der Waals surface area contributed by atoms with Crippen LogP contribution in [0, 0.1) is 19.7 Å². The van der Waals surface area contributed by atoms with Gasteiger partial charge in [0.2, 0.25) is 5.69 Å². The molecule has 1 heterocycles. The van der Waals surface area contributed by atoms with Crippen LogP contribution in [-0.2, 0) is 13.1 Å². The minimum Gasteiger partial charge on any atom is -0.346 e. The van der Waals surface area contributed by atoms with Crippen molar-refractivity contribution in [3.63, 3.8) is 0 Å². The van der Waals surface area contributed by atoms with Crippen LogP contribution in [0.4, 0.5) is 4.39 Å². The molecule has 4 aromatic rings. The minimum atomic E-state index is -0.787. The lowest BCUT2D eigenvalue weighted by molar-refractivity contribution is 0.0941. The first kappa shape index (κ1) is 22.8. The number of nitrogens with zero attached hydrogens (tertiary/aromatic N) is 3. The number of carbonyl (C=O) groups excluding carboxylic acids is 1. The minimum absolute atomic E-state index is 0.00981. The summed E-state index contributed by atoms with van der Waals surface area (Å²) in [7, 11) is 0. The number of amides is 1. The quantitative estimate of drug-likeness (QED) is 0.481. The number of benzene rings is 3. The Balaban J connectivity index is 1.78. The molecule has 0 spiro atoms. The molecular formula is C26H23FN4O3. The number of nitrogens with one attached hydrogen (secondary N) is 1. The molecular weight excluding hydrogens is 435 g/mol. The number of rotatable bonds is 6. The van der Waals surface area contributed by atoms with E-state index in [2.05, 4.69) is 10.4 Å². The summed E-state index contributed by atoms with van der Waals surface area (Å²) in [4.78, 5) is 39.4. The van der Waals surface area contributed by atoms with Crippen LogP contribution in [0.5, 0.6) is 0 Å². The third-order valence-electron chi connectivity index (χ3n) is 5.56. The summed E-state index contributed by atoms with van der Waals surface area (Å²) >= 11 is 0. The van der Waals surface area contributed by atoms with Gasteiger partial charge in [0, 0.05) is 6.54 Å². The van der Waals surface area contributed by atoms with E-state index in [-0.39, 0.29) is 18.9 Å². The summed E-state index contributed by atoms with van der Waals surface area (Å²) in [5.41, 5.74) is 1.97. The Bertz CT molecular complexity index is 1460. The molecule has 0 unspecified atom stereocenters. The van der Waals surface area contributed by atoms with E-state index >= 15 is 0 Å². The molecule has 0 fully saturated rings. The maximum atomic E-state index is 13.3. The molecule has 3 aromatic carbocycles. The van der Waals surface area contributed by atoms with Crippen LogP contribution in [0.15, 0.2) is 82.4 Å². The predicted molar refractivity (Wildman–Crippen MR) is 127 cm³/mol. The van der Waals surface area contributed by atoms with Crippen molar-refractivity contribution in [2.24, 2.45) is 0 Å². The second kappa shape index (κ2) is 9.66. The maximum absolute atomic E-state index is 13.3. The second-order valence-corrected chi connectivity index (χ2v) is 8.00. The Morgan fingerprint density at radius 1 is 0.912 bits per heavy atom. The van der Waals surface area contributed by atoms with Crippen LogP contribution in [-0.4, -0.2) is 20.3 Å². The molecule has 1 amide bonds. The van der Waals surface area contributed by atoms with Gasteiger partial charge in [-0.2, -0.15) is 9.78 Å². The molecule has 0 saturated heterocycles. The normalized spacial score (nSPS) is 10.8. The van der Waals surface area contributed by atoms with Crippen molar-refractivity contribution >= 4 is 5.91 Å². The van der Waals surface area contributed by atoms with E-state index in [4.69, 9.17) is 0 Å². The maximum Gasteiger partial charge on any atom is 0.352 e. The lowest BCUT2D eigenvalue weighted by Gasteiger charge is -2.13. The first-order valence-corrected chi connectivity index (χ1v) is 10.7. The first-order valence-electron chi connectivity index (χ1n) is 10.7. The summed E-state index contributed by atoms with van der Waals surface area (Å²) in [6.07, 6.45) is 0. The van der Waals surface area contributed by atoms with Crippen molar-refractivity contribution in [3.8, 4) is 5.69 Å².